The molecule has 1 aromatic rings. The van der Waals surface area contributed by atoms with Crippen LogP contribution in [0.3, 0.4) is 0 Å². The summed E-state index contributed by atoms with van der Waals surface area (Å²) in [6.07, 6.45) is 0. The number of para-hydroxylation sites is 1. The molecule has 0 heterocycles. The van der Waals surface area contributed by atoms with E-state index in [1.165, 1.54) is 0 Å². The summed E-state index contributed by atoms with van der Waals surface area (Å²) < 4.78 is 0. The number of hydrogen-bond acceptors (Lipinski definition) is 2. The smallest absolute Gasteiger partial charge is 0.120 e. The zero-order valence-corrected chi connectivity index (χ0v) is 7.14. The van der Waals surface area contributed by atoms with Gasteiger partial charge in [-0.15, -0.1) is 12.4 Å². The maximum absolute atomic E-state index is 9.20. The van der Waals surface area contributed by atoms with Crippen LogP contribution in [0.4, 0.5) is 0 Å². The molecule has 0 amide bonds. The van der Waals surface area contributed by atoms with E-state index in [1.807, 2.05) is 19.1 Å². The predicted molar refractivity (Wildman–Crippen MR) is 48.0 cm³/mol. The summed E-state index contributed by atoms with van der Waals surface area (Å²) in [6.45, 7) is 1.84. The minimum Gasteiger partial charge on any atom is -0.508 e. The number of halogens is 1. The second kappa shape index (κ2) is 4.21. The molecule has 0 aromatic heterocycles. The first-order chi connectivity index (χ1) is 4.72. The van der Waals surface area contributed by atoms with Crippen molar-refractivity contribution >= 4 is 12.4 Å². The quantitative estimate of drug-likeness (QED) is 0.681. The minimum atomic E-state index is -0.0961. The first-order valence-electron chi connectivity index (χ1n) is 3.25. The van der Waals surface area contributed by atoms with Gasteiger partial charge in [-0.2, -0.15) is 0 Å². The van der Waals surface area contributed by atoms with Crippen LogP contribution in [0.5, 0.6) is 5.75 Å². The monoisotopic (exact) mass is 173 g/mol. The fourth-order valence-corrected chi connectivity index (χ4v) is 0.873. The largest absolute Gasteiger partial charge is 0.508 e. The Morgan fingerprint density at radius 2 is 1.91 bits per heavy atom. The van der Waals surface area contributed by atoms with Crippen molar-refractivity contribution in [3.63, 3.8) is 0 Å². The highest BCUT2D eigenvalue weighted by atomic mass is 35.5. The van der Waals surface area contributed by atoms with Crippen LogP contribution < -0.4 is 5.73 Å². The van der Waals surface area contributed by atoms with E-state index >= 15 is 0 Å². The topological polar surface area (TPSA) is 46.2 Å². The fraction of sp³-hybridized carbons (Fsp3) is 0.250. The Hall–Kier alpha value is -0.730. The molecule has 0 fully saturated rings. The van der Waals surface area contributed by atoms with Crippen LogP contribution in [0, 0.1) is 0 Å². The van der Waals surface area contributed by atoms with Gasteiger partial charge in [0.25, 0.3) is 0 Å². The summed E-state index contributed by atoms with van der Waals surface area (Å²) in [6, 6.07) is 7.00. The van der Waals surface area contributed by atoms with Gasteiger partial charge in [0.1, 0.15) is 5.75 Å². The van der Waals surface area contributed by atoms with Crippen molar-refractivity contribution in [3.8, 4) is 5.75 Å². The normalized spacial score (nSPS) is 11.8. The molecule has 1 aromatic carbocycles. The second-order valence-electron chi connectivity index (χ2n) is 2.35. The third-order valence-electron chi connectivity index (χ3n) is 1.43. The SMILES string of the molecule is C[C@@H](N)c1ccccc1O.Cl. The van der Waals surface area contributed by atoms with Crippen molar-refractivity contribution in [1.29, 1.82) is 0 Å². The number of phenols is 1. The third kappa shape index (κ3) is 2.41. The number of benzene rings is 1. The van der Waals surface area contributed by atoms with Crippen LogP contribution in [0.1, 0.15) is 18.5 Å². The highest BCUT2D eigenvalue weighted by Crippen LogP contribution is 2.20. The van der Waals surface area contributed by atoms with Crippen LogP contribution in [-0.4, -0.2) is 5.11 Å². The van der Waals surface area contributed by atoms with Gasteiger partial charge in [-0.3, -0.25) is 0 Å². The zero-order chi connectivity index (χ0) is 7.56. The Labute approximate surface area is 72.4 Å². The van der Waals surface area contributed by atoms with Crippen LogP contribution in [0.15, 0.2) is 24.3 Å². The van der Waals surface area contributed by atoms with Crippen LogP contribution >= 0.6 is 12.4 Å². The molecule has 0 bridgehead atoms. The molecule has 62 valence electrons. The van der Waals surface area contributed by atoms with Gasteiger partial charge < -0.3 is 10.8 Å². The standard InChI is InChI=1S/C8H11NO.ClH/c1-6(9)7-4-2-3-5-8(7)10;/h2-6,10H,9H2,1H3;1H/t6-;/m1./s1. The lowest BCUT2D eigenvalue weighted by Crippen LogP contribution is -2.04. The molecule has 0 radical (unpaired) electrons. The zero-order valence-electron chi connectivity index (χ0n) is 6.32. The molecule has 0 aliphatic carbocycles. The van der Waals surface area contributed by atoms with Gasteiger partial charge in [0.2, 0.25) is 0 Å². The van der Waals surface area contributed by atoms with E-state index in [2.05, 4.69) is 0 Å². The molecule has 1 atom stereocenters. The summed E-state index contributed by atoms with van der Waals surface area (Å²) in [4.78, 5) is 0. The van der Waals surface area contributed by atoms with E-state index < -0.39 is 0 Å². The van der Waals surface area contributed by atoms with Crippen LogP contribution in [0.25, 0.3) is 0 Å². The predicted octanol–water partition coefficient (Wildman–Crippen LogP) is 1.83. The number of rotatable bonds is 1. The van der Waals surface area contributed by atoms with Crippen molar-refractivity contribution in [2.75, 3.05) is 0 Å². The maximum Gasteiger partial charge on any atom is 0.120 e. The average Bonchev–Trinajstić information content (AvgIpc) is 1.88. The Bertz CT molecular complexity index is 225. The van der Waals surface area contributed by atoms with Crippen molar-refractivity contribution in [3.05, 3.63) is 29.8 Å². The van der Waals surface area contributed by atoms with E-state index in [-0.39, 0.29) is 24.2 Å². The molecule has 0 aliphatic rings. The highest BCUT2D eigenvalue weighted by Gasteiger charge is 2.02. The van der Waals surface area contributed by atoms with E-state index in [9.17, 15) is 5.11 Å². The summed E-state index contributed by atoms with van der Waals surface area (Å²) in [7, 11) is 0. The number of hydrogen-bond donors (Lipinski definition) is 2. The molecule has 3 N–H and O–H groups in total. The van der Waals surface area contributed by atoms with Crippen molar-refractivity contribution in [1.82, 2.24) is 0 Å². The molecule has 3 heteroatoms. The Morgan fingerprint density at radius 1 is 1.36 bits per heavy atom. The molecule has 0 aliphatic heterocycles. The van der Waals surface area contributed by atoms with Gasteiger partial charge in [0.05, 0.1) is 0 Å². The number of nitrogens with two attached hydrogens (primary N) is 1. The fourth-order valence-electron chi connectivity index (χ4n) is 0.873. The molecule has 1 rings (SSSR count). The first kappa shape index (κ1) is 10.3. The second-order valence-corrected chi connectivity index (χ2v) is 2.35. The van der Waals surface area contributed by atoms with Crippen LogP contribution in [0.2, 0.25) is 0 Å². The van der Waals surface area contributed by atoms with E-state index in [0.29, 0.717) is 0 Å². The molecule has 2 nitrogen and oxygen atoms in total. The minimum absolute atomic E-state index is 0. The van der Waals surface area contributed by atoms with Gasteiger partial charge in [-0.1, -0.05) is 18.2 Å². The van der Waals surface area contributed by atoms with Gasteiger partial charge >= 0.3 is 0 Å². The van der Waals surface area contributed by atoms with Crippen molar-refractivity contribution in [2.45, 2.75) is 13.0 Å². The highest BCUT2D eigenvalue weighted by molar-refractivity contribution is 5.85. The van der Waals surface area contributed by atoms with Gasteiger partial charge in [0.15, 0.2) is 0 Å². The Balaban J connectivity index is 0.000001000. The van der Waals surface area contributed by atoms with Crippen molar-refractivity contribution in [2.24, 2.45) is 5.73 Å². The molecular formula is C8H12ClNO. The summed E-state index contributed by atoms with van der Waals surface area (Å²) in [5.74, 6) is 0.275. The van der Waals surface area contributed by atoms with E-state index in [0.717, 1.165) is 5.56 Å². The molecule has 0 spiro atoms. The maximum atomic E-state index is 9.20. The van der Waals surface area contributed by atoms with Crippen molar-refractivity contribution < 1.29 is 5.11 Å². The third-order valence-corrected chi connectivity index (χ3v) is 1.43. The number of aromatic hydroxyl groups is 1. The van der Waals surface area contributed by atoms with E-state index in [1.54, 1.807) is 12.1 Å². The molecule has 0 saturated heterocycles. The lowest BCUT2D eigenvalue weighted by molar-refractivity contribution is 0.464. The summed E-state index contributed by atoms with van der Waals surface area (Å²) in [5, 5.41) is 9.20. The van der Waals surface area contributed by atoms with E-state index in [4.69, 9.17) is 5.73 Å². The molecular weight excluding hydrogens is 162 g/mol. The van der Waals surface area contributed by atoms with Gasteiger partial charge in [0, 0.05) is 11.6 Å². The van der Waals surface area contributed by atoms with Gasteiger partial charge in [-0.05, 0) is 13.0 Å². The molecule has 0 unspecified atom stereocenters. The summed E-state index contributed by atoms with van der Waals surface area (Å²) >= 11 is 0. The summed E-state index contributed by atoms with van der Waals surface area (Å²) in [5.41, 5.74) is 6.35. The molecule has 0 saturated carbocycles. The Kier molecular flexibility index (Phi) is 3.93. The lowest BCUT2D eigenvalue weighted by Gasteiger charge is -2.06. The Morgan fingerprint density at radius 3 is 2.27 bits per heavy atom. The van der Waals surface area contributed by atoms with Gasteiger partial charge in [-0.25, -0.2) is 0 Å². The first-order valence-corrected chi connectivity index (χ1v) is 3.25. The molecule has 11 heavy (non-hydrogen) atoms. The average molecular weight is 174 g/mol. The number of phenolic OH excluding ortho intramolecular Hbond substituents is 1. The van der Waals surface area contributed by atoms with Crippen LogP contribution in [-0.2, 0) is 0 Å². The lowest BCUT2D eigenvalue weighted by atomic mass is 10.1.